The zero-order valence-corrected chi connectivity index (χ0v) is 11.1. The summed E-state index contributed by atoms with van der Waals surface area (Å²) >= 11 is 1.34. The molecule has 98 valence electrons. The van der Waals surface area contributed by atoms with Gasteiger partial charge in [-0.25, -0.2) is 4.98 Å². The van der Waals surface area contributed by atoms with Gasteiger partial charge in [-0.05, 0) is 31.1 Å². The van der Waals surface area contributed by atoms with E-state index in [0.29, 0.717) is 11.8 Å². The molecule has 5 nitrogen and oxygen atoms in total. The number of aromatic nitrogens is 2. The van der Waals surface area contributed by atoms with Crippen molar-refractivity contribution in [2.45, 2.75) is 38.6 Å². The van der Waals surface area contributed by atoms with Gasteiger partial charge in [-0.15, -0.1) is 0 Å². The molecule has 18 heavy (non-hydrogen) atoms. The number of carboxylic acid groups (broad SMARTS) is 1. The number of carboxylic acids is 1. The van der Waals surface area contributed by atoms with Crippen LogP contribution in [0.3, 0.4) is 0 Å². The summed E-state index contributed by atoms with van der Waals surface area (Å²) < 4.78 is 4.23. The van der Waals surface area contributed by atoms with Gasteiger partial charge in [0.25, 0.3) is 0 Å². The maximum absolute atomic E-state index is 11.4. The second-order valence-corrected chi connectivity index (χ2v) is 5.99. The van der Waals surface area contributed by atoms with Gasteiger partial charge in [-0.3, -0.25) is 4.79 Å². The summed E-state index contributed by atoms with van der Waals surface area (Å²) in [5.74, 6) is 0.754. The van der Waals surface area contributed by atoms with Crippen molar-refractivity contribution in [2.24, 2.45) is 17.8 Å². The molecule has 6 heteroatoms. The molecular formula is C12H17N3O2S. The fourth-order valence-corrected chi connectivity index (χ4v) is 4.15. The first-order chi connectivity index (χ1) is 8.69. The molecule has 2 fully saturated rings. The maximum atomic E-state index is 11.4. The Labute approximate surface area is 110 Å². The van der Waals surface area contributed by atoms with Gasteiger partial charge >= 0.3 is 5.97 Å². The van der Waals surface area contributed by atoms with Crippen molar-refractivity contribution in [3.8, 4) is 0 Å². The zero-order chi connectivity index (χ0) is 12.7. The molecule has 0 aromatic carbocycles. The number of nitrogens with zero attached hydrogens (tertiary/aromatic N) is 2. The summed E-state index contributed by atoms with van der Waals surface area (Å²) in [5, 5.41) is 13.5. The van der Waals surface area contributed by atoms with Gasteiger partial charge in [0.2, 0.25) is 5.13 Å². The summed E-state index contributed by atoms with van der Waals surface area (Å²) in [4.78, 5) is 15.8. The predicted molar refractivity (Wildman–Crippen MR) is 68.7 cm³/mol. The molecule has 2 aliphatic rings. The molecule has 2 bridgehead atoms. The van der Waals surface area contributed by atoms with Crippen LogP contribution >= 0.6 is 11.5 Å². The number of nitrogens with one attached hydrogen (secondary N) is 1. The summed E-state index contributed by atoms with van der Waals surface area (Å²) in [6.07, 6.45) is 4.08. The third-order valence-electron chi connectivity index (χ3n) is 4.28. The van der Waals surface area contributed by atoms with Gasteiger partial charge in [0.15, 0.2) is 0 Å². The molecule has 1 aromatic heterocycles. The second-order valence-electron chi connectivity index (χ2n) is 5.24. The van der Waals surface area contributed by atoms with E-state index in [1.807, 2.05) is 6.92 Å². The summed E-state index contributed by atoms with van der Waals surface area (Å²) in [6, 6.07) is 0.0407. The highest BCUT2D eigenvalue weighted by atomic mass is 32.1. The van der Waals surface area contributed by atoms with Gasteiger partial charge in [0, 0.05) is 24.0 Å². The molecule has 0 aliphatic heterocycles. The fraction of sp³-hybridized carbons (Fsp3) is 0.750. The largest absolute Gasteiger partial charge is 0.481 e. The Bertz CT molecular complexity index is 462. The lowest BCUT2D eigenvalue weighted by molar-refractivity contribution is -0.143. The number of hydrogen-bond acceptors (Lipinski definition) is 5. The van der Waals surface area contributed by atoms with Crippen LogP contribution in [-0.4, -0.2) is 26.5 Å². The number of aliphatic carboxylic acids is 1. The van der Waals surface area contributed by atoms with Crippen LogP contribution in [0.15, 0.2) is 0 Å². The molecule has 4 atom stereocenters. The topological polar surface area (TPSA) is 75.1 Å². The van der Waals surface area contributed by atoms with Crippen LogP contribution in [0.5, 0.6) is 0 Å². The minimum Gasteiger partial charge on any atom is -0.481 e. The average molecular weight is 267 g/mol. The highest BCUT2D eigenvalue weighted by Gasteiger charge is 2.51. The lowest BCUT2D eigenvalue weighted by Gasteiger charge is -2.28. The molecule has 1 aromatic rings. The zero-order valence-electron chi connectivity index (χ0n) is 10.3. The Balaban J connectivity index is 1.76. The molecular weight excluding hydrogens is 250 g/mol. The number of aryl methyl sites for hydroxylation is 1. The minimum atomic E-state index is -0.667. The Morgan fingerprint density at radius 2 is 2.28 bits per heavy atom. The van der Waals surface area contributed by atoms with Crippen molar-refractivity contribution >= 4 is 22.6 Å². The molecule has 0 saturated heterocycles. The van der Waals surface area contributed by atoms with Gasteiger partial charge in [-0.2, -0.15) is 4.37 Å². The van der Waals surface area contributed by atoms with Crippen LogP contribution in [0.25, 0.3) is 0 Å². The molecule has 2 saturated carbocycles. The summed E-state index contributed by atoms with van der Waals surface area (Å²) in [6.45, 7) is 2.02. The van der Waals surface area contributed by atoms with Crippen LogP contribution in [0.1, 0.15) is 32.0 Å². The number of anilines is 1. The first-order valence-corrected chi connectivity index (χ1v) is 7.28. The Morgan fingerprint density at radius 3 is 2.94 bits per heavy atom. The van der Waals surface area contributed by atoms with E-state index in [4.69, 9.17) is 0 Å². The highest BCUT2D eigenvalue weighted by Crippen LogP contribution is 2.49. The monoisotopic (exact) mass is 267 g/mol. The van der Waals surface area contributed by atoms with Crippen molar-refractivity contribution in [2.75, 3.05) is 5.32 Å². The van der Waals surface area contributed by atoms with Crippen LogP contribution in [0.2, 0.25) is 0 Å². The molecule has 1 heterocycles. The Morgan fingerprint density at radius 1 is 1.50 bits per heavy atom. The molecule has 3 rings (SSSR count). The quantitative estimate of drug-likeness (QED) is 0.873. The van der Waals surface area contributed by atoms with Crippen molar-refractivity contribution < 1.29 is 9.90 Å². The van der Waals surface area contributed by atoms with Gasteiger partial charge < -0.3 is 10.4 Å². The number of fused-ring (bicyclic) bond motifs is 2. The van der Waals surface area contributed by atoms with Crippen LogP contribution in [0, 0.1) is 17.8 Å². The molecule has 0 amide bonds. The molecule has 2 aliphatic carbocycles. The molecule has 0 radical (unpaired) electrons. The molecule has 4 unspecified atom stereocenters. The van der Waals surface area contributed by atoms with E-state index in [-0.39, 0.29) is 12.0 Å². The third kappa shape index (κ3) is 1.88. The van der Waals surface area contributed by atoms with Crippen molar-refractivity contribution in [3.63, 3.8) is 0 Å². The smallest absolute Gasteiger partial charge is 0.308 e. The van der Waals surface area contributed by atoms with Crippen LogP contribution < -0.4 is 5.32 Å². The summed E-state index contributed by atoms with van der Waals surface area (Å²) in [5.41, 5.74) is 0. The molecule has 2 N–H and O–H groups in total. The maximum Gasteiger partial charge on any atom is 0.308 e. The van der Waals surface area contributed by atoms with Crippen molar-refractivity contribution in [1.82, 2.24) is 9.36 Å². The van der Waals surface area contributed by atoms with Crippen molar-refractivity contribution in [1.29, 1.82) is 0 Å². The second kappa shape index (κ2) is 4.50. The van der Waals surface area contributed by atoms with Crippen molar-refractivity contribution in [3.05, 3.63) is 5.82 Å². The van der Waals surface area contributed by atoms with Gasteiger partial charge in [0.05, 0.1) is 5.92 Å². The lowest BCUT2D eigenvalue weighted by atomic mass is 9.84. The van der Waals surface area contributed by atoms with E-state index in [1.165, 1.54) is 11.5 Å². The normalized spacial score (nSPS) is 33.8. The predicted octanol–water partition coefficient (Wildman–Crippen LogP) is 2.01. The number of hydrogen-bond donors (Lipinski definition) is 2. The average Bonchev–Trinajstić information content (AvgIpc) is 3.02. The van der Waals surface area contributed by atoms with Crippen LogP contribution in [-0.2, 0) is 11.2 Å². The lowest BCUT2D eigenvalue weighted by Crippen LogP contribution is -2.39. The van der Waals surface area contributed by atoms with E-state index < -0.39 is 5.97 Å². The number of rotatable bonds is 4. The van der Waals surface area contributed by atoms with E-state index in [9.17, 15) is 9.90 Å². The van der Waals surface area contributed by atoms with Gasteiger partial charge in [0.1, 0.15) is 5.82 Å². The molecule has 0 spiro atoms. The summed E-state index contributed by atoms with van der Waals surface area (Å²) in [7, 11) is 0. The Kier molecular flexibility index (Phi) is 2.97. The fourth-order valence-electron chi connectivity index (χ4n) is 3.45. The highest BCUT2D eigenvalue weighted by molar-refractivity contribution is 7.09. The first kappa shape index (κ1) is 11.9. The third-order valence-corrected chi connectivity index (χ3v) is 4.96. The first-order valence-electron chi connectivity index (χ1n) is 6.51. The van der Waals surface area contributed by atoms with E-state index in [0.717, 1.165) is 36.6 Å². The van der Waals surface area contributed by atoms with E-state index >= 15 is 0 Å². The van der Waals surface area contributed by atoms with Crippen LogP contribution in [0.4, 0.5) is 5.13 Å². The number of carbonyl (C=O) groups is 1. The Hall–Kier alpha value is -1.17. The minimum absolute atomic E-state index is 0.0407. The van der Waals surface area contributed by atoms with E-state index in [2.05, 4.69) is 14.7 Å². The SMILES string of the molecule is CCc1nsc(NC2C3CCC(C3)C2C(=O)O)n1. The van der Waals surface area contributed by atoms with Gasteiger partial charge in [-0.1, -0.05) is 6.92 Å². The standard InChI is InChI=1S/C12H17N3O2S/c1-2-8-13-12(18-15-8)14-10-7-4-3-6(5-7)9(10)11(16)17/h6-7,9-10H,2-5H2,1H3,(H,16,17)(H,13,14,15). The van der Waals surface area contributed by atoms with E-state index in [1.54, 1.807) is 0 Å².